The van der Waals surface area contributed by atoms with Crippen LogP contribution in [0.2, 0.25) is 5.02 Å². The molecule has 0 unspecified atom stereocenters. The predicted octanol–water partition coefficient (Wildman–Crippen LogP) is 4.30. The van der Waals surface area contributed by atoms with Crippen molar-refractivity contribution in [2.75, 3.05) is 4.90 Å². The van der Waals surface area contributed by atoms with Gasteiger partial charge >= 0.3 is 0 Å². The number of Topliss-reactive ketones (excluding diaryl/α,β-unsaturated/α-hetero) is 2. The third-order valence-electron chi connectivity index (χ3n) is 7.22. The standard InChI is InChI=1S/C28H20ClN3O4/c1-15(33)16-8-12-20(13-9-16)31-27(35)22-23(28(31)36)25(26(34)17-6-10-19(29)11-7-17)32-24(22)21-5-3-2-4-18(21)14-30-32/h2-14,22-25H,1H3/t22-,23+,24-,25-/m0/s1. The Morgan fingerprint density at radius 3 is 2.17 bits per heavy atom. The number of halogens is 1. The zero-order valence-electron chi connectivity index (χ0n) is 19.2. The van der Waals surface area contributed by atoms with E-state index in [9.17, 15) is 19.2 Å². The van der Waals surface area contributed by atoms with Gasteiger partial charge in [-0.3, -0.25) is 24.2 Å². The second-order valence-electron chi connectivity index (χ2n) is 9.18. The van der Waals surface area contributed by atoms with E-state index in [1.54, 1.807) is 59.8 Å². The van der Waals surface area contributed by atoms with Gasteiger partial charge < -0.3 is 0 Å². The number of hydrogen-bond acceptors (Lipinski definition) is 6. The number of carbonyl (C=O) groups is 4. The summed E-state index contributed by atoms with van der Waals surface area (Å²) in [6.07, 6.45) is 1.67. The number of anilines is 1. The summed E-state index contributed by atoms with van der Waals surface area (Å²) in [6, 6.07) is 18.9. The van der Waals surface area contributed by atoms with Crippen molar-refractivity contribution >= 4 is 46.9 Å². The normalized spacial score (nSPS) is 23.9. The molecule has 0 N–H and O–H groups in total. The minimum atomic E-state index is -0.955. The third-order valence-corrected chi connectivity index (χ3v) is 7.47. The smallest absolute Gasteiger partial charge is 0.240 e. The van der Waals surface area contributed by atoms with Gasteiger partial charge in [0.25, 0.3) is 0 Å². The second-order valence-corrected chi connectivity index (χ2v) is 9.62. The molecule has 3 aromatic carbocycles. The number of carbonyl (C=O) groups excluding carboxylic acids is 4. The molecule has 2 fully saturated rings. The lowest BCUT2D eigenvalue weighted by atomic mass is 9.83. The Bertz CT molecular complexity index is 1460. The van der Waals surface area contributed by atoms with Gasteiger partial charge in [0, 0.05) is 16.1 Å². The molecule has 8 heteroatoms. The number of hydrazone groups is 1. The molecule has 0 aromatic heterocycles. The first kappa shape index (κ1) is 22.4. The Morgan fingerprint density at radius 2 is 1.47 bits per heavy atom. The van der Waals surface area contributed by atoms with Crippen LogP contribution in [0.5, 0.6) is 0 Å². The van der Waals surface area contributed by atoms with E-state index in [4.69, 9.17) is 11.6 Å². The van der Waals surface area contributed by atoms with E-state index < -0.39 is 29.8 Å². The number of fused-ring (bicyclic) bond motifs is 5. The molecular formula is C28H20ClN3O4. The molecule has 178 valence electrons. The van der Waals surface area contributed by atoms with E-state index in [2.05, 4.69) is 5.10 Å². The molecule has 0 spiro atoms. The highest BCUT2D eigenvalue weighted by Gasteiger charge is 2.65. The highest BCUT2D eigenvalue weighted by molar-refractivity contribution is 6.30. The lowest BCUT2D eigenvalue weighted by molar-refractivity contribution is -0.124. The Labute approximate surface area is 212 Å². The maximum atomic E-state index is 13.9. The monoisotopic (exact) mass is 497 g/mol. The van der Waals surface area contributed by atoms with E-state index in [0.29, 0.717) is 21.8 Å². The molecule has 36 heavy (non-hydrogen) atoms. The van der Waals surface area contributed by atoms with Crippen molar-refractivity contribution < 1.29 is 19.2 Å². The fraction of sp³-hybridized carbons (Fsp3) is 0.179. The molecule has 4 atom stereocenters. The van der Waals surface area contributed by atoms with Crippen molar-refractivity contribution in [3.63, 3.8) is 0 Å². The minimum absolute atomic E-state index is 0.113. The van der Waals surface area contributed by atoms with Gasteiger partial charge in [0.2, 0.25) is 11.8 Å². The Morgan fingerprint density at radius 1 is 0.833 bits per heavy atom. The van der Waals surface area contributed by atoms with Crippen molar-refractivity contribution in [1.29, 1.82) is 0 Å². The maximum Gasteiger partial charge on any atom is 0.240 e. The van der Waals surface area contributed by atoms with Gasteiger partial charge in [0.05, 0.1) is 29.8 Å². The van der Waals surface area contributed by atoms with Crippen LogP contribution in [0.1, 0.15) is 44.8 Å². The molecule has 0 aliphatic carbocycles. The molecule has 0 bridgehead atoms. The van der Waals surface area contributed by atoms with Crippen LogP contribution in [0.4, 0.5) is 5.69 Å². The topological polar surface area (TPSA) is 87.1 Å². The van der Waals surface area contributed by atoms with Crippen molar-refractivity contribution in [3.05, 3.63) is 100 Å². The zero-order chi connectivity index (χ0) is 25.1. The SMILES string of the molecule is CC(=O)c1ccc(N2C(=O)[C@@H]3[C@H](C2=O)[C@@H]2c4ccccc4C=NN2[C@@H]3C(=O)c2ccc(Cl)cc2)cc1. The number of nitrogens with zero attached hydrogens (tertiary/aromatic N) is 3. The Hall–Kier alpha value is -4.10. The predicted molar refractivity (Wildman–Crippen MR) is 134 cm³/mol. The summed E-state index contributed by atoms with van der Waals surface area (Å²) in [5.74, 6) is -2.94. The fourth-order valence-corrected chi connectivity index (χ4v) is 5.68. The molecule has 3 aliphatic heterocycles. The number of hydrogen-bond donors (Lipinski definition) is 0. The van der Waals surface area contributed by atoms with Crippen LogP contribution < -0.4 is 4.90 Å². The van der Waals surface area contributed by atoms with E-state index in [1.807, 2.05) is 24.3 Å². The van der Waals surface area contributed by atoms with Crippen molar-refractivity contribution in [2.24, 2.45) is 16.9 Å². The summed E-state index contributed by atoms with van der Waals surface area (Å²) in [6.45, 7) is 1.45. The van der Waals surface area contributed by atoms with Crippen molar-refractivity contribution in [1.82, 2.24) is 5.01 Å². The quantitative estimate of drug-likeness (QED) is 0.396. The van der Waals surface area contributed by atoms with E-state index in [0.717, 1.165) is 16.0 Å². The zero-order valence-corrected chi connectivity index (χ0v) is 19.9. The van der Waals surface area contributed by atoms with Crippen molar-refractivity contribution in [3.8, 4) is 0 Å². The van der Waals surface area contributed by atoms with Crippen LogP contribution >= 0.6 is 11.6 Å². The third kappa shape index (κ3) is 3.23. The summed E-state index contributed by atoms with van der Waals surface area (Å²) < 4.78 is 0. The van der Waals surface area contributed by atoms with Crippen LogP contribution in [-0.4, -0.2) is 40.6 Å². The first-order valence-corrected chi connectivity index (χ1v) is 11.9. The van der Waals surface area contributed by atoms with Gasteiger partial charge in [-0.05, 0) is 66.6 Å². The Kier molecular flexibility index (Phi) is 5.12. The van der Waals surface area contributed by atoms with Gasteiger partial charge in [0.1, 0.15) is 6.04 Å². The maximum absolute atomic E-state index is 13.9. The van der Waals surface area contributed by atoms with Gasteiger partial charge in [0.15, 0.2) is 11.6 Å². The van der Waals surface area contributed by atoms with Crippen LogP contribution in [0.15, 0.2) is 77.9 Å². The number of rotatable bonds is 4. The summed E-state index contributed by atoms with van der Waals surface area (Å²) in [7, 11) is 0. The van der Waals surface area contributed by atoms with Crippen LogP contribution in [0.25, 0.3) is 0 Å². The molecule has 3 aromatic rings. The van der Waals surface area contributed by atoms with Gasteiger partial charge in [-0.1, -0.05) is 35.9 Å². The largest absolute Gasteiger partial charge is 0.295 e. The highest BCUT2D eigenvalue weighted by atomic mass is 35.5. The van der Waals surface area contributed by atoms with E-state index in [1.165, 1.54) is 6.92 Å². The molecule has 6 rings (SSSR count). The average molecular weight is 498 g/mol. The van der Waals surface area contributed by atoms with Gasteiger partial charge in [-0.15, -0.1) is 0 Å². The number of ketones is 2. The minimum Gasteiger partial charge on any atom is -0.295 e. The lowest BCUT2D eigenvalue weighted by Crippen LogP contribution is -2.44. The second kappa shape index (κ2) is 8.24. The average Bonchev–Trinajstić information content (AvgIpc) is 3.36. The molecule has 3 aliphatic rings. The molecule has 7 nitrogen and oxygen atoms in total. The van der Waals surface area contributed by atoms with Crippen LogP contribution in [0, 0.1) is 11.8 Å². The highest BCUT2D eigenvalue weighted by Crippen LogP contribution is 2.53. The lowest BCUT2D eigenvalue weighted by Gasteiger charge is -2.33. The summed E-state index contributed by atoms with van der Waals surface area (Å²) in [5.41, 5.74) is 2.95. The molecule has 0 radical (unpaired) electrons. The first-order valence-electron chi connectivity index (χ1n) is 11.6. The van der Waals surface area contributed by atoms with E-state index in [-0.39, 0.29) is 17.5 Å². The van der Waals surface area contributed by atoms with Crippen LogP contribution in [0.3, 0.4) is 0 Å². The molecular weight excluding hydrogens is 478 g/mol. The van der Waals surface area contributed by atoms with Gasteiger partial charge in [-0.2, -0.15) is 5.10 Å². The summed E-state index contributed by atoms with van der Waals surface area (Å²) >= 11 is 6.02. The van der Waals surface area contributed by atoms with Crippen molar-refractivity contribution in [2.45, 2.75) is 19.0 Å². The molecule has 3 heterocycles. The molecule has 0 saturated carbocycles. The molecule has 2 amide bonds. The first-order chi connectivity index (χ1) is 17.4. The van der Waals surface area contributed by atoms with Crippen LogP contribution in [-0.2, 0) is 9.59 Å². The summed E-state index contributed by atoms with van der Waals surface area (Å²) in [5, 5.41) is 6.68. The van der Waals surface area contributed by atoms with E-state index >= 15 is 0 Å². The summed E-state index contributed by atoms with van der Waals surface area (Å²) in [4.78, 5) is 54.4. The Balaban J connectivity index is 1.47. The fourth-order valence-electron chi connectivity index (χ4n) is 5.55. The number of benzene rings is 3. The van der Waals surface area contributed by atoms with Gasteiger partial charge in [-0.25, -0.2) is 4.90 Å². The molecule has 2 saturated heterocycles. The number of imide groups is 1. The number of amides is 2.